The Hall–Kier alpha value is -3.89. The Balaban J connectivity index is 1.39. The van der Waals surface area contributed by atoms with Gasteiger partial charge in [-0.05, 0) is 42.3 Å². The zero-order valence-corrected chi connectivity index (χ0v) is 19.1. The fourth-order valence-corrected chi connectivity index (χ4v) is 4.59. The highest BCUT2D eigenvalue weighted by atomic mass is 32.2. The van der Waals surface area contributed by atoms with Crippen molar-refractivity contribution in [2.75, 3.05) is 6.61 Å². The Bertz CT molecular complexity index is 1310. The van der Waals surface area contributed by atoms with Crippen molar-refractivity contribution in [3.63, 3.8) is 0 Å². The maximum absolute atomic E-state index is 12.8. The minimum Gasteiger partial charge on any atom is -0.485 e. The second-order valence-electron chi connectivity index (χ2n) is 7.60. The number of hydrogen-bond donors (Lipinski definition) is 3. The molecular weight excluding hydrogens is 458 g/mol. The van der Waals surface area contributed by atoms with Crippen LogP contribution in [0.5, 0.6) is 11.5 Å². The molecule has 0 aliphatic carbocycles. The molecule has 10 heteroatoms. The van der Waals surface area contributed by atoms with Gasteiger partial charge in [0.2, 0.25) is 16.1 Å². The molecule has 1 aliphatic heterocycles. The third-order valence-electron chi connectivity index (χ3n) is 5.15. The van der Waals surface area contributed by atoms with Gasteiger partial charge < -0.3 is 9.47 Å². The molecule has 3 aromatic carbocycles. The van der Waals surface area contributed by atoms with Gasteiger partial charge in [0.05, 0.1) is 4.90 Å². The van der Waals surface area contributed by atoms with Crippen molar-refractivity contribution >= 4 is 21.8 Å². The number of amides is 2. The van der Waals surface area contributed by atoms with E-state index in [1.165, 1.54) is 18.2 Å². The Morgan fingerprint density at radius 2 is 1.65 bits per heavy atom. The van der Waals surface area contributed by atoms with E-state index in [9.17, 15) is 18.0 Å². The molecule has 1 heterocycles. The molecule has 0 radical (unpaired) electrons. The second kappa shape index (κ2) is 9.94. The van der Waals surface area contributed by atoms with Crippen LogP contribution >= 0.6 is 0 Å². The molecule has 0 aromatic heterocycles. The van der Waals surface area contributed by atoms with E-state index in [1.54, 1.807) is 31.2 Å². The van der Waals surface area contributed by atoms with Gasteiger partial charge in [0, 0.05) is 12.1 Å². The minimum atomic E-state index is -3.88. The highest BCUT2D eigenvalue weighted by Crippen LogP contribution is 2.30. The molecule has 0 unspecified atom stereocenters. The van der Waals surface area contributed by atoms with Gasteiger partial charge in [-0.15, -0.1) is 0 Å². The van der Waals surface area contributed by atoms with Crippen LogP contribution in [0, 0.1) is 6.92 Å². The highest BCUT2D eigenvalue weighted by Gasteiger charge is 2.28. The van der Waals surface area contributed by atoms with Gasteiger partial charge in [-0.2, -0.15) is 0 Å². The minimum absolute atomic E-state index is 0.0152. The van der Waals surface area contributed by atoms with Crippen molar-refractivity contribution in [1.82, 2.24) is 15.6 Å². The van der Waals surface area contributed by atoms with E-state index in [-0.39, 0.29) is 23.6 Å². The number of sulfonamides is 1. The number of para-hydroxylation sites is 2. The number of benzene rings is 3. The molecule has 34 heavy (non-hydrogen) atoms. The number of ether oxygens (including phenoxy) is 2. The third-order valence-corrected chi connectivity index (χ3v) is 6.69. The smallest absolute Gasteiger partial charge is 0.283 e. The first-order valence-corrected chi connectivity index (χ1v) is 11.9. The lowest BCUT2D eigenvalue weighted by Crippen LogP contribution is -2.50. The van der Waals surface area contributed by atoms with Crippen LogP contribution in [0.15, 0.2) is 77.7 Å². The molecular formula is C24H23N3O6S. The second-order valence-corrected chi connectivity index (χ2v) is 9.33. The van der Waals surface area contributed by atoms with Gasteiger partial charge in [0.25, 0.3) is 11.8 Å². The van der Waals surface area contributed by atoms with Crippen LogP contribution in [0.2, 0.25) is 0 Å². The maximum atomic E-state index is 12.8. The third kappa shape index (κ3) is 5.36. The van der Waals surface area contributed by atoms with E-state index in [0.29, 0.717) is 17.1 Å². The number of hydrazine groups is 1. The predicted octanol–water partition coefficient (Wildman–Crippen LogP) is 2.07. The molecule has 1 atom stereocenters. The molecule has 0 fully saturated rings. The van der Waals surface area contributed by atoms with Crippen LogP contribution < -0.4 is 25.0 Å². The van der Waals surface area contributed by atoms with Crippen LogP contribution in [0.25, 0.3) is 0 Å². The fourth-order valence-electron chi connectivity index (χ4n) is 3.30. The van der Waals surface area contributed by atoms with E-state index >= 15 is 0 Å². The van der Waals surface area contributed by atoms with Crippen LogP contribution in [0.3, 0.4) is 0 Å². The van der Waals surface area contributed by atoms with Crippen molar-refractivity contribution in [1.29, 1.82) is 0 Å². The number of carbonyl (C=O) groups is 2. The SMILES string of the molecule is Cc1ccc(C(=O)NNC(=O)[C@@H]2COc3ccccc3O2)cc1S(=O)(=O)NCc1ccccc1. The number of hydrogen-bond acceptors (Lipinski definition) is 6. The molecule has 3 aromatic rings. The first kappa shape index (κ1) is 23.3. The summed E-state index contributed by atoms with van der Waals surface area (Å²) in [5.41, 5.74) is 5.93. The molecule has 1 aliphatic rings. The Kier molecular flexibility index (Phi) is 6.80. The number of aryl methyl sites for hydroxylation is 1. The first-order chi connectivity index (χ1) is 16.3. The summed E-state index contributed by atoms with van der Waals surface area (Å²) >= 11 is 0. The highest BCUT2D eigenvalue weighted by molar-refractivity contribution is 7.89. The van der Waals surface area contributed by atoms with Gasteiger partial charge in [-0.25, -0.2) is 13.1 Å². The maximum Gasteiger partial charge on any atom is 0.283 e. The van der Waals surface area contributed by atoms with Crippen LogP contribution in [0.1, 0.15) is 21.5 Å². The molecule has 3 N–H and O–H groups in total. The van der Waals surface area contributed by atoms with Crippen molar-refractivity contribution in [2.45, 2.75) is 24.5 Å². The number of rotatable bonds is 6. The van der Waals surface area contributed by atoms with E-state index in [0.717, 1.165) is 5.56 Å². The van der Waals surface area contributed by atoms with E-state index < -0.39 is 27.9 Å². The van der Waals surface area contributed by atoms with Crippen LogP contribution in [-0.2, 0) is 21.4 Å². The number of carbonyl (C=O) groups excluding carboxylic acids is 2. The average molecular weight is 482 g/mol. The zero-order valence-electron chi connectivity index (χ0n) is 18.3. The van der Waals surface area contributed by atoms with Crippen molar-refractivity contribution in [3.8, 4) is 11.5 Å². The average Bonchev–Trinajstić information content (AvgIpc) is 2.86. The van der Waals surface area contributed by atoms with Gasteiger partial charge in [-0.3, -0.25) is 20.4 Å². The quantitative estimate of drug-likeness (QED) is 0.464. The van der Waals surface area contributed by atoms with E-state index in [1.807, 2.05) is 30.3 Å². The number of fused-ring (bicyclic) bond motifs is 1. The van der Waals surface area contributed by atoms with Gasteiger partial charge in [-0.1, -0.05) is 48.5 Å². The van der Waals surface area contributed by atoms with Crippen molar-refractivity contribution in [2.24, 2.45) is 0 Å². The summed E-state index contributed by atoms with van der Waals surface area (Å²) in [4.78, 5) is 25.0. The predicted molar refractivity (Wildman–Crippen MR) is 124 cm³/mol. The molecule has 0 saturated heterocycles. The fraction of sp³-hybridized carbons (Fsp3) is 0.167. The summed E-state index contributed by atoms with van der Waals surface area (Å²) in [5.74, 6) is -0.321. The molecule has 0 spiro atoms. The summed E-state index contributed by atoms with van der Waals surface area (Å²) in [6, 6.07) is 20.3. The monoisotopic (exact) mass is 481 g/mol. The summed E-state index contributed by atoms with van der Waals surface area (Å²) < 4.78 is 39.3. The summed E-state index contributed by atoms with van der Waals surface area (Å²) in [6.07, 6.45) is -0.952. The van der Waals surface area contributed by atoms with Gasteiger partial charge >= 0.3 is 0 Å². The molecule has 9 nitrogen and oxygen atoms in total. The molecule has 176 valence electrons. The molecule has 0 bridgehead atoms. The Labute approximate surface area is 197 Å². The van der Waals surface area contributed by atoms with Gasteiger partial charge in [0.1, 0.15) is 6.61 Å². The summed E-state index contributed by atoms with van der Waals surface area (Å²) in [5, 5.41) is 0. The largest absolute Gasteiger partial charge is 0.485 e. The van der Waals surface area contributed by atoms with Crippen LogP contribution in [0.4, 0.5) is 0 Å². The Morgan fingerprint density at radius 3 is 2.41 bits per heavy atom. The summed E-state index contributed by atoms with van der Waals surface area (Å²) in [7, 11) is -3.88. The Morgan fingerprint density at radius 1 is 0.941 bits per heavy atom. The van der Waals surface area contributed by atoms with Crippen LogP contribution in [-0.4, -0.2) is 32.9 Å². The first-order valence-electron chi connectivity index (χ1n) is 10.5. The molecule has 2 amide bonds. The lowest BCUT2D eigenvalue weighted by Gasteiger charge is -2.25. The van der Waals surface area contributed by atoms with Gasteiger partial charge in [0.15, 0.2) is 11.5 Å². The lowest BCUT2D eigenvalue weighted by atomic mass is 10.1. The normalized spacial score (nSPS) is 14.8. The zero-order chi connectivity index (χ0) is 24.1. The number of nitrogens with one attached hydrogen (secondary N) is 3. The van der Waals surface area contributed by atoms with E-state index in [4.69, 9.17) is 9.47 Å². The lowest BCUT2D eigenvalue weighted by molar-refractivity contribution is -0.131. The van der Waals surface area contributed by atoms with Crippen molar-refractivity contribution in [3.05, 3.63) is 89.5 Å². The molecule has 4 rings (SSSR count). The summed E-state index contributed by atoms with van der Waals surface area (Å²) in [6.45, 7) is 1.74. The standard InChI is InChI=1S/C24H23N3O6S/c1-16-11-12-18(13-22(16)34(30,31)25-14-17-7-3-2-4-8-17)23(28)26-27-24(29)21-15-32-19-9-5-6-10-20(19)33-21/h2-13,21,25H,14-15H2,1H3,(H,26,28)(H,27,29)/t21-/m0/s1. The molecule has 0 saturated carbocycles. The topological polar surface area (TPSA) is 123 Å². The van der Waals surface area contributed by atoms with Crippen molar-refractivity contribution < 1.29 is 27.5 Å². The van der Waals surface area contributed by atoms with E-state index in [2.05, 4.69) is 15.6 Å².